The Morgan fingerprint density at radius 2 is 1.75 bits per heavy atom. The van der Waals surface area contributed by atoms with Crippen molar-refractivity contribution in [2.75, 3.05) is 6.54 Å². The van der Waals surface area contributed by atoms with E-state index in [4.69, 9.17) is 4.74 Å². The van der Waals surface area contributed by atoms with Crippen LogP contribution in [-0.2, 0) is 16.1 Å². The fourth-order valence-corrected chi connectivity index (χ4v) is 5.20. The number of aryl methyl sites for hydroxylation is 2. The maximum absolute atomic E-state index is 13.6. The quantitative estimate of drug-likeness (QED) is 0.168. The number of aliphatic hydroxyl groups excluding tert-OH is 1. The summed E-state index contributed by atoms with van der Waals surface area (Å²) in [5.41, 5.74) is 2.25. The van der Waals surface area contributed by atoms with Gasteiger partial charge in [-0.2, -0.15) is 0 Å². The molecule has 1 amide bonds. The van der Waals surface area contributed by atoms with Crippen molar-refractivity contribution in [3.8, 4) is 11.5 Å². The average Bonchev–Trinajstić information content (AvgIpc) is 3.66. The molecule has 200 valence electrons. The molecular weight excluding hydrogens is 506 g/mol. The lowest BCUT2D eigenvalue weighted by atomic mass is 9.96. The summed E-state index contributed by atoms with van der Waals surface area (Å²) in [5.74, 6) is -0.428. The van der Waals surface area contributed by atoms with Crippen molar-refractivity contribution in [1.29, 1.82) is 0 Å². The van der Waals surface area contributed by atoms with Crippen LogP contribution in [0.25, 0.3) is 11.4 Å². The van der Waals surface area contributed by atoms with Gasteiger partial charge in [-0.3, -0.25) is 14.0 Å². The summed E-state index contributed by atoms with van der Waals surface area (Å²) in [6, 6.07) is 21.3. The Hall–Kier alpha value is -5.18. The van der Waals surface area contributed by atoms with E-state index >= 15 is 0 Å². The van der Waals surface area contributed by atoms with Gasteiger partial charge >= 0.3 is 0 Å². The lowest BCUT2D eigenvalue weighted by Gasteiger charge is -2.25. The molecule has 5 aromatic rings. The van der Waals surface area contributed by atoms with Crippen LogP contribution in [0.15, 0.2) is 103 Å². The van der Waals surface area contributed by atoms with E-state index in [1.165, 1.54) is 4.90 Å². The molecule has 0 radical (unpaired) electrons. The first-order valence-electron chi connectivity index (χ1n) is 13.0. The van der Waals surface area contributed by atoms with Crippen molar-refractivity contribution in [2.45, 2.75) is 25.9 Å². The Morgan fingerprint density at radius 1 is 0.950 bits per heavy atom. The molecule has 3 aromatic heterocycles. The molecule has 0 spiro atoms. The van der Waals surface area contributed by atoms with Gasteiger partial charge in [0.1, 0.15) is 22.8 Å². The van der Waals surface area contributed by atoms with E-state index in [9.17, 15) is 14.7 Å². The van der Waals surface area contributed by atoms with E-state index in [1.807, 2.05) is 77.5 Å². The number of aliphatic hydroxyl groups is 1. The van der Waals surface area contributed by atoms with E-state index in [2.05, 4.69) is 9.97 Å². The molecule has 0 bridgehead atoms. The minimum Gasteiger partial charge on any atom is -0.505 e. The van der Waals surface area contributed by atoms with Gasteiger partial charge in [0.15, 0.2) is 5.76 Å². The molecule has 1 aliphatic heterocycles. The number of para-hydroxylation sites is 1. The number of ether oxygens (including phenoxy) is 1. The van der Waals surface area contributed by atoms with Gasteiger partial charge in [-0.25, -0.2) is 9.97 Å². The van der Waals surface area contributed by atoms with Gasteiger partial charge in [-0.15, -0.1) is 0 Å². The number of fused-ring (bicyclic) bond motifs is 1. The van der Waals surface area contributed by atoms with Crippen LogP contribution in [0, 0.1) is 6.92 Å². The Balaban J connectivity index is 1.44. The second-order valence-corrected chi connectivity index (χ2v) is 9.61. The van der Waals surface area contributed by atoms with Crippen LogP contribution in [-0.4, -0.2) is 47.2 Å². The normalized spacial score (nSPS) is 16.6. The molecule has 1 N–H and O–H groups in total. The van der Waals surface area contributed by atoms with Crippen molar-refractivity contribution >= 4 is 23.1 Å². The molecule has 2 aromatic carbocycles. The predicted molar refractivity (Wildman–Crippen MR) is 149 cm³/mol. The van der Waals surface area contributed by atoms with Crippen molar-refractivity contribution < 1.29 is 19.4 Å². The minimum atomic E-state index is -0.809. The maximum Gasteiger partial charge on any atom is 0.295 e. The largest absolute Gasteiger partial charge is 0.505 e. The van der Waals surface area contributed by atoms with Gasteiger partial charge in [0.2, 0.25) is 0 Å². The fraction of sp³-hybridized carbons (Fsp3) is 0.161. The molecule has 9 nitrogen and oxygen atoms in total. The summed E-state index contributed by atoms with van der Waals surface area (Å²) in [7, 11) is 0. The standard InChI is InChI=1S/C31H27N5O4/c1-21-27(35-16-6-5-13-25(35)33-21)29(37)26-28(22-9-7-12-24(19-22)40-23-10-3-2-4-11-23)36(31(39)30(26)38)17-8-15-34-18-14-32-20-34/h2-7,9-14,16,18-20,28,37H,8,15,17H2,1H3/b29-26+. The second-order valence-electron chi connectivity index (χ2n) is 9.61. The van der Waals surface area contributed by atoms with Crippen LogP contribution >= 0.6 is 0 Å². The summed E-state index contributed by atoms with van der Waals surface area (Å²) in [5, 5.41) is 11.7. The summed E-state index contributed by atoms with van der Waals surface area (Å²) in [4.78, 5) is 37.2. The maximum atomic E-state index is 13.6. The Morgan fingerprint density at radius 3 is 2.55 bits per heavy atom. The van der Waals surface area contributed by atoms with Crippen LogP contribution in [0.4, 0.5) is 0 Å². The number of imidazole rings is 2. The molecular formula is C31H27N5O4. The van der Waals surface area contributed by atoms with Gasteiger partial charge in [0, 0.05) is 31.7 Å². The lowest BCUT2D eigenvalue weighted by Crippen LogP contribution is -2.31. The van der Waals surface area contributed by atoms with Gasteiger partial charge in [-0.05, 0) is 55.3 Å². The number of carbonyl (C=O) groups excluding carboxylic acids is 2. The predicted octanol–water partition coefficient (Wildman–Crippen LogP) is 5.14. The van der Waals surface area contributed by atoms with Crippen LogP contribution in [0.5, 0.6) is 11.5 Å². The first-order chi connectivity index (χ1) is 19.5. The first-order valence-corrected chi connectivity index (χ1v) is 13.0. The van der Waals surface area contributed by atoms with Crippen LogP contribution in [0.3, 0.4) is 0 Å². The third kappa shape index (κ3) is 4.62. The first kappa shape index (κ1) is 25.1. The molecule has 40 heavy (non-hydrogen) atoms. The summed E-state index contributed by atoms with van der Waals surface area (Å²) < 4.78 is 9.69. The number of ketones is 1. The summed E-state index contributed by atoms with van der Waals surface area (Å²) in [6.45, 7) is 2.70. The number of amides is 1. The highest BCUT2D eigenvalue weighted by Gasteiger charge is 2.46. The topological polar surface area (TPSA) is 102 Å². The fourth-order valence-electron chi connectivity index (χ4n) is 5.20. The number of Topliss-reactive ketones (excluding diaryl/α,β-unsaturated/α-hetero) is 1. The minimum absolute atomic E-state index is 0.0262. The van der Waals surface area contributed by atoms with Crippen molar-refractivity contribution in [3.63, 3.8) is 0 Å². The molecule has 1 saturated heterocycles. The molecule has 6 rings (SSSR count). The number of rotatable bonds is 8. The molecule has 4 heterocycles. The zero-order valence-electron chi connectivity index (χ0n) is 21.8. The number of nitrogens with zero attached hydrogens (tertiary/aromatic N) is 5. The zero-order valence-corrected chi connectivity index (χ0v) is 21.8. The lowest BCUT2D eigenvalue weighted by molar-refractivity contribution is -0.139. The molecule has 1 unspecified atom stereocenters. The zero-order chi connectivity index (χ0) is 27.6. The van der Waals surface area contributed by atoms with Crippen LogP contribution < -0.4 is 4.74 Å². The highest BCUT2D eigenvalue weighted by Crippen LogP contribution is 2.41. The van der Waals surface area contributed by atoms with Crippen molar-refractivity contribution in [2.24, 2.45) is 0 Å². The van der Waals surface area contributed by atoms with Gasteiger partial charge in [0.05, 0.1) is 23.6 Å². The van der Waals surface area contributed by atoms with E-state index in [0.29, 0.717) is 53.6 Å². The van der Waals surface area contributed by atoms with E-state index in [0.717, 1.165) is 0 Å². The molecule has 1 fully saturated rings. The van der Waals surface area contributed by atoms with E-state index in [1.54, 1.807) is 36.1 Å². The average molecular weight is 534 g/mol. The number of likely N-dealkylation sites (tertiary alicyclic amines) is 1. The third-order valence-electron chi connectivity index (χ3n) is 7.00. The highest BCUT2D eigenvalue weighted by atomic mass is 16.5. The number of hydrogen-bond acceptors (Lipinski definition) is 6. The highest BCUT2D eigenvalue weighted by molar-refractivity contribution is 6.46. The number of aromatic nitrogens is 4. The Kier molecular flexibility index (Phi) is 6.61. The summed E-state index contributed by atoms with van der Waals surface area (Å²) >= 11 is 0. The number of hydrogen-bond donors (Lipinski definition) is 1. The SMILES string of the molecule is Cc1nc2ccccn2c1/C(O)=C1\C(=O)C(=O)N(CCCn2ccnc2)C1c1cccc(Oc2ccccc2)c1. The third-order valence-corrected chi connectivity index (χ3v) is 7.00. The van der Waals surface area contributed by atoms with Gasteiger partial charge < -0.3 is 19.3 Å². The molecule has 1 aliphatic rings. The molecule has 0 saturated carbocycles. The number of carbonyl (C=O) groups is 2. The molecule has 1 atom stereocenters. The Bertz CT molecular complexity index is 1720. The van der Waals surface area contributed by atoms with E-state index in [-0.39, 0.29) is 11.3 Å². The summed E-state index contributed by atoms with van der Waals surface area (Å²) in [6.07, 6.45) is 7.62. The second kappa shape index (κ2) is 10.5. The van der Waals surface area contributed by atoms with Gasteiger partial charge in [0.25, 0.3) is 11.7 Å². The number of benzene rings is 2. The van der Waals surface area contributed by atoms with Crippen molar-refractivity contribution in [1.82, 2.24) is 23.8 Å². The van der Waals surface area contributed by atoms with Crippen LogP contribution in [0.2, 0.25) is 0 Å². The number of pyridine rings is 1. The van der Waals surface area contributed by atoms with E-state index < -0.39 is 17.7 Å². The van der Waals surface area contributed by atoms with Crippen molar-refractivity contribution in [3.05, 3.63) is 120 Å². The molecule has 0 aliphatic carbocycles. The monoisotopic (exact) mass is 533 g/mol. The Labute approximate surface area is 230 Å². The molecule has 9 heteroatoms. The smallest absolute Gasteiger partial charge is 0.295 e. The van der Waals surface area contributed by atoms with Gasteiger partial charge in [-0.1, -0.05) is 36.4 Å². The van der Waals surface area contributed by atoms with Crippen LogP contribution in [0.1, 0.15) is 29.4 Å².